The van der Waals surface area contributed by atoms with E-state index in [9.17, 15) is 43.6 Å². The molecule has 5 rings (SSSR count). The van der Waals surface area contributed by atoms with Crippen molar-refractivity contribution in [2.75, 3.05) is 20.3 Å². The van der Waals surface area contributed by atoms with E-state index in [-0.39, 0.29) is 61.0 Å². The Morgan fingerprint density at radius 1 is 1.06 bits per heavy atom. The predicted octanol–water partition coefficient (Wildman–Crippen LogP) is -2.01. The average Bonchev–Trinajstić information content (AvgIpc) is 3.20. The summed E-state index contributed by atoms with van der Waals surface area (Å²) in [5, 5.41) is 66.1. The maximum Gasteiger partial charge on any atom is 1.00 e. The Morgan fingerprint density at radius 3 is 2.38 bits per heavy atom. The van der Waals surface area contributed by atoms with Gasteiger partial charge in [0.1, 0.15) is 24.4 Å². The van der Waals surface area contributed by atoms with Gasteiger partial charge in [-0.15, -0.1) is 0 Å². The van der Waals surface area contributed by atoms with Gasteiger partial charge in [0, 0.05) is 26.1 Å². The number of aliphatic hydroxyl groups is 6. The first kappa shape index (κ1) is 41.0. The summed E-state index contributed by atoms with van der Waals surface area (Å²) in [5.41, 5.74) is -2.48. The zero-order valence-electron chi connectivity index (χ0n) is 29.1. The van der Waals surface area contributed by atoms with Gasteiger partial charge in [-0.05, 0) is 72.2 Å². The molecule has 4 fully saturated rings. The van der Waals surface area contributed by atoms with E-state index in [2.05, 4.69) is 0 Å². The number of aliphatic hydroxyl groups excluding tert-OH is 5. The Bertz CT molecular complexity index is 1250. The van der Waals surface area contributed by atoms with Gasteiger partial charge in [0.05, 0.1) is 30.5 Å². The molecular formula is C33H55NaO13S. The monoisotopic (exact) mass is 714 g/mol. The minimum atomic E-state index is -5.25. The summed E-state index contributed by atoms with van der Waals surface area (Å²) in [5.74, 6) is -1.83. The van der Waals surface area contributed by atoms with Crippen LogP contribution in [0.25, 0.3) is 0 Å². The standard InChI is InChI=1S/C33H56O13S.Na/c1-17(15-34)7-6-8-18(2)24-26(38)27(46-47(40,41)42)29-32(24,4)12-10-23-31(3)11-9-19(13-20(31)21(35)14-33(23,29)39)45-30-28(43-5)25(37)22(36)16-44-30;/h13,17-19,21-30,34-39H,6-12,14-16H2,1-5H3,(H,40,41,42);/q;+1/p-1/t17-,18+,19-,21+,22+,23+,24-,25-,26+,27-,28+,29+,30-,31-,32+,33-;/m0./s1. The molecule has 16 atom stereocenters. The van der Waals surface area contributed by atoms with Crippen LogP contribution in [0, 0.1) is 40.4 Å². The van der Waals surface area contributed by atoms with Gasteiger partial charge in [-0.25, -0.2) is 8.42 Å². The molecule has 1 saturated heterocycles. The number of ether oxygens (including phenoxy) is 3. The Labute approximate surface area is 306 Å². The number of methoxy groups -OCH3 is 1. The summed E-state index contributed by atoms with van der Waals surface area (Å²) in [4.78, 5) is 0. The second-order valence-electron chi connectivity index (χ2n) is 15.7. The van der Waals surface area contributed by atoms with Crippen LogP contribution in [-0.4, -0.2) is 119 Å². The molecule has 0 unspecified atom stereocenters. The van der Waals surface area contributed by atoms with E-state index < -0.39 is 93.6 Å². The maximum atomic E-state index is 12.8. The molecule has 48 heavy (non-hydrogen) atoms. The largest absolute Gasteiger partial charge is 1.00 e. The third-order valence-electron chi connectivity index (χ3n) is 12.8. The zero-order chi connectivity index (χ0) is 34.7. The molecule has 15 heteroatoms. The SMILES string of the molecule is CO[C@H]1[C@H](O[C@@H]2C=C3[C@H](O)C[C@@]4(O)[C@@H]5[C@@H](OS(=O)(=O)[O-])[C@H](O)[C@H]([C@H](C)CCC[C@H](C)CO)[C@@]5(C)CC[C@@H]4[C@@]3(C)CC2)OC[C@@H](O)[C@@H]1O.[Na+]. The smallest absolute Gasteiger partial charge is 0.726 e. The van der Waals surface area contributed by atoms with Crippen LogP contribution in [0.3, 0.4) is 0 Å². The van der Waals surface area contributed by atoms with Crippen LogP contribution in [0.5, 0.6) is 0 Å². The van der Waals surface area contributed by atoms with Crippen molar-refractivity contribution in [2.24, 2.45) is 40.4 Å². The zero-order valence-corrected chi connectivity index (χ0v) is 31.9. The fourth-order valence-electron chi connectivity index (χ4n) is 10.7. The predicted molar refractivity (Wildman–Crippen MR) is 166 cm³/mol. The number of fused-ring (bicyclic) bond motifs is 5. The van der Waals surface area contributed by atoms with Crippen LogP contribution in [0.15, 0.2) is 11.6 Å². The molecule has 0 aromatic heterocycles. The van der Waals surface area contributed by atoms with E-state index in [0.29, 0.717) is 37.7 Å². The topological polar surface area (TPSA) is 215 Å². The number of hydrogen-bond acceptors (Lipinski definition) is 13. The summed E-state index contributed by atoms with van der Waals surface area (Å²) < 4.78 is 58.5. The van der Waals surface area contributed by atoms with Gasteiger partial charge < -0.3 is 49.4 Å². The summed E-state index contributed by atoms with van der Waals surface area (Å²) in [6, 6.07) is 0. The molecule has 272 valence electrons. The fourth-order valence-corrected chi connectivity index (χ4v) is 11.2. The van der Waals surface area contributed by atoms with Crippen molar-refractivity contribution in [3.05, 3.63) is 11.6 Å². The Kier molecular flexibility index (Phi) is 13.1. The first-order valence-electron chi connectivity index (χ1n) is 17.1. The van der Waals surface area contributed by atoms with Crippen molar-refractivity contribution in [3.63, 3.8) is 0 Å². The second kappa shape index (κ2) is 15.3. The molecule has 4 aliphatic carbocycles. The molecule has 0 aromatic rings. The van der Waals surface area contributed by atoms with Gasteiger partial charge in [-0.1, -0.05) is 46.6 Å². The van der Waals surface area contributed by atoms with Crippen LogP contribution in [0.2, 0.25) is 0 Å². The van der Waals surface area contributed by atoms with Gasteiger partial charge in [-0.3, -0.25) is 4.18 Å². The Hall–Kier alpha value is 0.250. The Morgan fingerprint density at radius 2 is 1.75 bits per heavy atom. The first-order valence-corrected chi connectivity index (χ1v) is 18.5. The first-order chi connectivity index (χ1) is 21.9. The molecule has 5 aliphatic rings. The molecule has 0 radical (unpaired) electrons. The van der Waals surface area contributed by atoms with E-state index >= 15 is 0 Å². The van der Waals surface area contributed by atoms with Crippen LogP contribution < -0.4 is 29.6 Å². The van der Waals surface area contributed by atoms with Crippen LogP contribution in [0.4, 0.5) is 0 Å². The minimum Gasteiger partial charge on any atom is -0.726 e. The third-order valence-corrected chi connectivity index (χ3v) is 13.2. The van der Waals surface area contributed by atoms with Gasteiger partial charge in [0.2, 0.25) is 10.4 Å². The molecule has 3 saturated carbocycles. The second-order valence-corrected chi connectivity index (χ2v) is 16.7. The Balaban J connectivity index is 0.00000520. The third kappa shape index (κ3) is 7.38. The van der Waals surface area contributed by atoms with Crippen LogP contribution >= 0.6 is 0 Å². The quantitative estimate of drug-likeness (QED) is 0.0592. The van der Waals surface area contributed by atoms with E-state index in [4.69, 9.17) is 18.4 Å². The molecule has 1 aliphatic heterocycles. The van der Waals surface area contributed by atoms with E-state index in [1.165, 1.54) is 7.11 Å². The maximum absolute atomic E-state index is 12.8. The van der Waals surface area contributed by atoms with Crippen molar-refractivity contribution in [1.29, 1.82) is 0 Å². The van der Waals surface area contributed by atoms with Gasteiger partial charge in [0.25, 0.3) is 0 Å². The van der Waals surface area contributed by atoms with Crippen molar-refractivity contribution >= 4 is 10.4 Å². The summed E-state index contributed by atoms with van der Waals surface area (Å²) in [7, 11) is -3.85. The van der Waals surface area contributed by atoms with E-state index in [1.54, 1.807) is 0 Å². The number of rotatable bonds is 11. The van der Waals surface area contributed by atoms with Gasteiger partial charge in [0.15, 0.2) is 6.29 Å². The molecular weight excluding hydrogens is 659 g/mol. The average molecular weight is 715 g/mol. The molecule has 0 spiro atoms. The molecule has 13 nitrogen and oxygen atoms in total. The van der Waals surface area contributed by atoms with Crippen LogP contribution in [0.1, 0.15) is 79.1 Å². The molecule has 0 amide bonds. The van der Waals surface area contributed by atoms with Crippen molar-refractivity contribution in [3.8, 4) is 0 Å². The molecule has 1 heterocycles. The molecule has 0 aromatic carbocycles. The van der Waals surface area contributed by atoms with Crippen LogP contribution in [-0.2, 0) is 28.8 Å². The van der Waals surface area contributed by atoms with E-state index in [1.807, 2.05) is 33.8 Å². The van der Waals surface area contributed by atoms with E-state index in [0.717, 1.165) is 12.8 Å². The summed E-state index contributed by atoms with van der Waals surface area (Å²) >= 11 is 0. The van der Waals surface area contributed by atoms with Crippen molar-refractivity contribution < 1.29 is 91.6 Å². The van der Waals surface area contributed by atoms with Crippen molar-refractivity contribution in [1.82, 2.24) is 0 Å². The minimum absolute atomic E-state index is 0. The fraction of sp³-hybridized carbons (Fsp3) is 0.939. The van der Waals surface area contributed by atoms with Gasteiger partial charge in [-0.2, -0.15) is 0 Å². The summed E-state index contributed by atoms with van der Waals surface area (Å²) in [6.45, 7) is 7.83. The normalized spacial score (nSPS) is 47.2. The molecule has 0 bridgehead atoms. The van der Waals surface area contributed by atoms with Gasteiger partial charge >= 0.3 is 29.6 Å². The molecule has 6 N–H and O–H groups in total. The summed E-state index contributed by atoms with van der Waals surface area (Å²) in [6.07, 6.45) is -2.56. The van der Waals surface area contributed by atoms with Crippen molar-refractivity contribution in [2.45, 2.75) is 134 Å². The number of hydrogen-bond donors (Lipinski definition) is 6.